The largest absolute Gasteiger partial charge is 0.478 e. The van der Waals surface area contributed by atoms with Crippen LogP contribution < -0.4 is 10.5 Å². The Morgan fingerprint density at radius 2 is 1.90 bits per heavy atom. The third-order valence-electron chi connectivity index (χ3n) is 3.45. The van der Waals surface area contributed by atoms with Crippen molar-refractivity contribution in [2.45, 2.75) is 43.0 Å². The number of carbonyl (C=O) groups is 1. The van der Waals surface area contributed by atoms with E-state index in [0.717, 1.165) is 32.1 Å². The van der Waals surface area contributed by atoms with Crippen LogP contribution in [0.3, 0.4) is 0 Å². The van der Waals surface area contributed by atoms with E-state index in [2.05, 4.69) is 4.72 Å². The van der Waals surface area contributed by atoms with Crippen LogP contribution in [-0.4, -0.2) is 25.5 Å². The van der Waals surface area contributed by atoms with E-state index < -0.39 is 16.0 Å². The van der Waals surface area contributed by atoms with Gasteiger partial charge in [-0.1, -0.05) is 19.3 Å². The van der Waals surface area contributed by atoms with E-state index in [1.165, 1.54) is 18.2 Å². The van der Waals surface area contributed by atoms with Crippen molar-refractivity contribution < 1.29 is 18.3 Å². The van der Waals surface area contributed by atoms with Crippen LogP contribution in [0.15, 0.2) is 23.1 Å². The molecule has 0 amide bonds. The number of anilines is 1. The third kappa shape index (κ3) is 3.29. The molecule has 1 aliphatic carbocycles. The highest BCUT2D eigenvalue weighted by Crippen LogP contribution is 2.23. The number of hydrogen-bond donors (Lipinski definition) is 3. The van der Waals surface area contributed by atoms with Gasteiger partial charge in [0.05, 0.1) is 10.5 Å². The molecule has 1 aromatic carbocycles. The van der Waals surface area contributed by atoms with Gasteiger partial charge in [0.2, 0.25) is 10.0 Å². The number of rotatable bonds is 4. The Kier molecular flexibility index (Phi) is 4.29. The van der Waals surface area contributed by atoms with Crippen molar-refractivity contribution in [2.24, 2.45) is 0 Å². The average Bonchev–Trinajstić information content (AvgIpc) is 2.39. The fourth-order valence-corrected chi connectivity index (χ4v) is 3.98. The normalized spacial score (nSPS) is 17.0. The maximum absolute atomic E-state index is 12.3. The summed E-state index contributed by atoms with van der Waals surface area (Å²) in [6, 6.07) is 3.65. The fraction of sp³-hybridized carbons (Fsp3) is 0.462. The zero-order chi connectivity index (χ0) is 14.8. The lowest BCUT2D eigenvalue weighted by atomic mass is 9.96. The summed E-state index contributed by atoms with van der Waals surface area (Å²) in [7, 11) is -3.87. The van der Waals surface area contributed by atoms with Gasteiger partial charge in [-0.15, -0.1) is 0 Å². The summed E-state index contributed by atoms with van der Waals surface area (Å²) in [4.78, 5) is 10.9. The number of carboxylic acids is 1. The molecule has 6 nitrogen and oxygen atoms in total. The molecule has 7 heteroatoms. The van der Waals surface area contributed by atoms with E-state index in [4.69, 9.17) is 10.8 Å². The zero-order valence-electron chi connectivity index (χ0n) is 11.0. The molecule has 1 aromatic rings. The smallest absolute Gasteiger partial charge is 0.337 e. The van der Waals surface area contributed by atoms with Crippen LogP contribution in [0.1, 0.15) is 42.5 Å². The minimum atomic E-state index is -3.87. The summed E-state index contributed by atoms with van der Waals surface area (Å²) >= 11 is 0. The van der Waals surface area contributed by atoms with Crippen LogP contribution in [0.5, 0.6) is 0 Å². The minimum Gasteiger partial charge on any atom is -0.478 e. The molecule has 1 saturated carbocycles. The fourth-order valence-electron chi connectivity index (χ4n) is 2.44. The standard InChI is InChI=1S/C13H18N2O4S/c14-9-6-7-11(13(16)17)12(8-9)20(18,19)15-10-4-2-1-3-5-10/h6-8,10,15H,1-5,14H2,(H,16,17). The van der Waals surface area contributed by atoms with Crippen molar-refractivity contribution in [1.29, 1.82) is 0 Å². The molecule has 0 spiro atoms. The predicted molar refractivity (Wildman–Crippen MR) is 75.0 cm³/mol. The molecule has 0 bridgehead atoms. The number of benzene rings is 1. The summed E-state index contributed by atoms with van der Waals surface area (Å²) < 4.78 is 27.3. The van der Waals surface area contributed by atoms with E-state index in [1.807, 2.05) is 0 Å². The Labute approximate surface area is 118 Å². The van der Waals surface area contributed by atoms with Gasteiger partial charge in [0.25, 0.3) is 0 Å². The molecule has 4 N–H and O–H groups in total. The van der Waals surface area contributed by atoms with Crippen LogP contribution in [0.4, 0.5) is 5.69 Å². The van der Waals surface area contributed by atoms with Crippen molar-refractivity contribution in [3.63, 3.8) is 0 Å². The Bertz CT molecular complexity index is 607. The summed E-state index contributed by atoms with van der Waals surface area (Å²) in [5, 5.41) is 9.09. The van der Waals surface area contributed by atoms with Gasteiger partial charge >= 0.3 is 5.97 Å². The maximum Gasteiger partial charge on any atom is 0.337 e. The molecule has 0 unspecified atom stereocenters. The number of aromatic carboxylic acids is 1. The SMILES string of the molecule is Nc1ccc(C(=O)O)c(S(=O)(=O)NC2CCCCC2)c1. The Morgan fingerprint density at radius 1 is 1.25 bits per heavy atom. The highest BCUT2D eigenvalue weighted by molar-refractivity contribution is 7.89. The second-order valence-corrected chi connectivity index (χ2v) is 6.70. The monoisotopic (exact) mass is 298 g/mol. The molecule has 1 fully saturated rings. The molecule has 0 radical (unpaired) electrons. The molecule has 0 aliphatic heterocycles. The van der Waals surface area contributed by atoms with Gasteiger partial charge in [-0.25, -0.2) is 17.9 Å². The molecule has 110 valence electrons. The van der Waals surface area contributed by atoms with Crippen molar-refractivity contribution >= 4 is 21.7 Å². The number of sulfonamides is 1. The topological polar surface area (TPSA) is 109 Å². The number of nitrogens with one attached hydrogen (secondary N) is 1. The lowest BCUT2D eigenvalue weighted by Crippen LogP contribution is -2.36. The lowest BCUT2D eigenvalue weighted by molar-refractivity contribution is 0.0692. The van der Waals surface area contributed by atoms with Crippen molar-refractivity contribution in [3.05, 3.63) is 23.8 Å². The second kappa shape index (κ2) is 5.80. The molecule has 20 heavy (non-hydrogen) atoms. The number of nitrogen functional groups attached to an aromatic ring is 1. The first-order valence-electron chi connectivity index (χ1n) is 6.55. The van der Waals surface area contributed by atoms with Crippen LogP contribution in [0.2, 0.25) is 0 Å². The highest BCUT2D eigenvalue weighted by atomic mass is 32.2. The molecular weight excluding hydrogens is 280 g/mol. The van der Waals surface area contributed by atoms with Gasteiger partial charge in [-0.2, -0.15) is 0 Å². The van der Waals surface area contributed by atoms with Gasteiger partial charge in [-0.3, -0.25) is 0 Å². The second-order valence-electron chi connectivity index (χ2n) is 5.02. The van der Waals surface area contributed by atoms with Crippen LogP contribution in [0.25, 0.3) is 0 Å². The molecule has 0 saturated heterocycles. The first-order valence-corrected chi connectivity index (χ1v) is 8.03. The third-order valence-corrected chi connectivity index (χ3v) is 5.01. The molecular formula is C13H18N2O4S. The molecule has 0 aromatic heterocycles. The van der Waals surface area contributed by atoms with Gasteiger partial charge in [0, 0.05) is 11.7 Å². The highest BCUT2D eigenvalue weighted by Gasteiger charge is 2.26. The summed E-state index contributed by atoms with van der Waals surface area (Å²) in [6.45, 7) is 0. The van der Waals surface area contributed by atoms with Crippen LogP contribution in [-0.2, 0) is 10.0 Å². The molecule has 0 heterocycles. The number of hydrogen-bond acceptors (Lipinski definition) is 4. The Morgan fingerprint density at radius 3 is 2.50 bits per heavy atom. The Hall–Kier alpha value is -1.60. The maximum atomic E-state index is 12.3. The Balaban J connectivity index is 2.32. The van der Waals surface area contributed by atoms with E-state index in [9.17, 15) is 13.2 Å². The van der Waals surface area contributed by atoms with E-state index in [0.29, 0.717) is 0 Å². The van der Waals surface area contributed by atoms with Gasteiger partial charge in [-0.05, 0) is 31.0 Å². The summed E-state index contributed by atoms with van der Waals surface area (Å²) in [5.41, 5.74) is 5.53. The van der Waals surface area contributed by atoms with E-state index >= 15 is 0 Å². The molecule has 0 atom stereocenters. The number of carboxylic acid groups (broad SMARTS) is 1. The quantitative estimate of drug-likeness (QED) is 0.731. The van der Waals surface area contributed by atoms with Crippen molar-refractivity contribution in [2.75, 3.05) is 5.73 Å². The molecule has 1 aliphatic rings. The predicted octanol–water partition coefficient (Wildman–Crippen LogP) is 1.58. The van der Waals surface area contributed by atoms with Crippen LogP contribution >= 0.6 is 0 Å². The van der Waals surface area contributed by atoms with Gasteiger partial charge < -0.3 is 10.8 Å². The van der Waals surface area contributed by atoms with Crippen molar-refractivity contribution in [1.82, 2.24) is 4.72 Å². The summed E-state index contributed by atoms with van der Waals surface area (Å²) in [6.07, 6.45) is 4.64. The molecule has 2 rings (SSSR count). The lowest BCUT2D eigenvalue weighted by Gasteiger charge is -2.23. The zero-order valence-corrected chi connectivity index (χ0v) is 11.8. The van der Waals surface area contributed by atoms with E-state index in [1.54, 1.807) is 0 Å². The first-order chi connectivity index (χ1) is 9.40. The minimum absolute atomic E-state index is 0.128. The van der Waals surface area contributed by atoms with Gasteiger partial charge in [0.1, 0.15) is 0 Å². The number of nitrogens with two attached hydrogens (primary N) is 1. The van der Waals surface area contributed by atoms with Crippen LogP contribution in [0, 0.1) is 0 Å². The van der Waals surface area contributed by atoms with E-state index in [-0.39, 0.29) is 22.2 Å². The average molecular weight is 298 g/mol. The summed E-state index contributed by atoms with van der Waals surface area (Å²) in [5.74, 6) is -1.28. The van der Waals surface area contributed by atoms with Crippen molar-refractivity contribution in [3.8, 4) is 0 Å². The first kappa shape index (κ1) is 14.8. The van der Waals surface area contributed by atoms with Gasteiger partial charge in [0.15, 0.2) is 0 Å².